The number of rotatable bonds is 4. The van der Waals surface area contributed by atoms with Crippen LogP contribution in [0.2, 0.25) is 0 Å². The molecule has 1 amide bonds. The van der Waals surface area contributed by atoms with Crippen LogP contribution in [-0.2, 0) is 14.6 Å². The molecule has 1 atom stereocenters. The van der Waals surface area contributed by atoms with Gasteiger partial charge in [-0.2, -0.15) is 0 Å². The van der Waals surface area contributed by atoms with Gasteiger partial charge in [0.25, 0.3) is 5.56 Å². The molecule has 0 spiro atoms. The van der Waals surface area contributed by atoms with Gasteiger partial charge in [0.1, 0.15) is 0 Å². The van der Waals surface area contributed by atoms with Gasteiger partial charge in [0.05, 0.1) is 22.4 Å². The summed E-state index contributed by atoms with van der Waals surface area (Å²) in [6.45, 7) is 1.21. The summed E-state index contributed by atoms with van der Waals surface area (Å²) in [5.41, 5.74) is 1.26. The molecule has 10 heteroatoms. The maximum Gasteiger partial charge on any atom is 0.259 e. The average Bonchev–Trinajstić information content (AvgIpc) is 3.05. The van der Waals surface area contributed by atoms with Gasteiger partial charge in [0, 0.05) is 51.4 Å². The maximum atomic E-state index is 12.6. The molecule has 0 aliphatic carbocycles. The first-order valence-corrected chi connectivity index (χ1v) is 12.1. The Morgan fingerprint density at radius 1 is 1.27 bits per heavy atom. The third kappa shape index (κ3) is 4.33. The van der Waals surface area contributed by atoms with E-state index in [-0.39, 0.29) is 34.8 Å². The van der Waals surface area contributed by atoms with Crippen molar-refractivity contribution in [3.63, 3.8) is 0 Å². The number of piperidine rings is 1. The first-order valence-electron chi connectivity index (χ1n) is 10.3. The van der Waals surface area contributed by atoms with Crippen LogP contribution < -0.4 is 10.5 Å². The Morgan fingerprint density at radius 2 is 2.00 bits per heavy atom. The van der Waals surface area contributed by atoms with Crippen LogP contribution in [0, 0.1) is 5.92 Å². The minimum Gasteiger partial charge on any atom is -0.347 e. The van der Waals surface area contributed by atoms with Gasteiger partial charge in [-0.1, -0.05) is 0 Å². The molecule has 2 fully saturated rings. The average molecular weight is 434 g/mol. The Bertz CT molecular complexity index is 1120. The van der Waals surface area contributed by atoms with Crippen LogP contribution in [0.1, 0.15) is 37.3 Å². The molecule has 2 aromatic rings. The number of anilines is 1. The highest BCUT2D eigenvalue weighted by atomic mass is 32.2. The highest BCUT2D eigenvalue weighted by molar-refractivity contribution is 7.91. The number of amides is 1. The van der Waals surface area contributed by atoms with Gasteiger partial charge in [-0.05, 0) is 31.2 Å². The van der Waals surface area contributed by atoms with Gasteiger partial charge in [0.15, 0.2) is 9.84 Å². The predicted octanol–water partition coefficient (Wildman–Crippen LogP) is 0.915. The Morgan fingerprint density at radius 3 is 2.63 bits per heavy atom. The van der Waals surface area contributed by atoms with Crippen molar-refractivity contribution in [3.05, 3.63) is 28.3 Å². The Kier molecular flexibility index (Phi) is 5.52. The molecule has 4 rings (SSSR count). The van der Waals surface area contributed by atoms with E-state index in [0.717, 1.165) is 18.5 Å². The monoisotopic (exact) mass is 433 g/mol. The first kappa shape index (κ1) is 20.8. The second kappa shape index (κ2) is 7.98. The lowest BCUT2D eigenvalue weighted by Gasteiger charge is -2.32. The van der Waals surface area contributed by atoms with E-state index in [1.54, 1.807) is 11.1 Å². The molecule has 30 heavy (non-hydrogen) atoms. The molecule has 9 nitrogen and oxygen atoms in total. The molecule has 2 aliphatic rings. The number of hydrogen-bond acceptors (Lipinski definition) is 7. The number of hydrogen-bond donors (Lipinski definition) is 1. The zero-order chi connectivity index (χ0) is 21.5. The maximum absolute atomic E-state index is 12.6. The molecule has 162 valence electrons. The van der Waals surface area contributed by atoms with E-state index < -0.39 is 9.84 Å². The zero-order valence-corrected chi connectivity index (χ0v) is 18.1. The molecule has 0 unspecified atom stereocenters. The molecule has 2 aromatic heterocycles. The van der Waals surface area contributed by atoms with Crippen molar-refractivity contribution in [1.29, 1.82) is 0 Å². The molecule has 0 bridgehead atoms. The first-order chi connectivity index (χ1) is 14.2. The number of aromatic nitrogens is 3. The van der Waals surface area contributed by atoms with Crippen molar-refractivity contribution in [3.8, 4) is 0 Å². The number of nitrogens with one attached hydrogen (secondary N) is 1. The van der Waals surface area contributed by atoms with Crippen LogP contribution in [0.4, 0.5) is 5.95 Å². The van der Waals surface area contributed by atoms with E-state index in [9.17, 15) is 18.0 Å². The smallest absolute Gasteiger partial charge is 0.259 e. The molecule has 0 aromatic carbocycles. The van der Waals surface area contributed by atoms with Crippen LogP contribution >= 0.6 is 0 Å². The molecular formula is C20H27N5O4S. The van der Waals surface area contributed by atoms with Crippen LogP contribution in [0.3, 0.4) is 0 Å². The largest absolute Gasteiger partial charge is 0.347 e. The summed E-state index contributed by atoms with van der Waals surface area (Å²) in [7, 11) is 0.735. The Labute approximate surface area is 175 Å². The number of pyridine rings is 1. The number of likely N-dealkylation sites (tertiary alicyclic amines) is 1. The lowest BCUT2D eigenvalue weighted by molar-refractivity contribution is -0.133. The zero-order valence-electron chi connectivity index (χ0n) is 17.3. The van der Waals surface area contributed by atoms with E-state index in [0.29, 0.717) is 42.8 Å². The number of carbonyl (C=O) groups excluding carboxylic acids is 1. The van der Waals surface area contributed by atoms with Crippen molar-refractivity contribution in [2.24, 2.45) is 5.92 Å². The van der Waals surface area contributed by atoms with E-state index >= 15 is 0 Å². The van der Waals surface area contributed by atoms with Gasteiger partial charge < -0.3 is 14.8 Å². The van der Waals surface area contributed by atoms with Gasteiger partial charge in [0.2, 0.25) is 11.9 Å². The fraction of sp³-hybridized carbons (Fsp3) is 0.600. The molecule has 1 N–H and O–H groups in total. The van der Waals surface area contributed by atoms with Crippen molar-refractivity contribution < 1.29 is 13.2 Å². The highest BCUT2D eigenvalue weighted by Gasteiger charge is 2.32. The lowest BCUT2D eigenvalue weighted by Crippen LogP contribution is -2.39. The summed E-state index contributed by atoms with van der Waals surface area (Å²) in [6.07, 6.45) is 3.94. The van der Waals surface area contributed by atoms with E-state index in [2.05, 4.69) is 15.0 Å². The molecule has 2 aliphatic heterocycles. The van der Waals surface area contributed by atoms with Crippen LogP contribution in [0.25, 0.3) is 10.9 Å². The van der Waals surface area contributed by atoms with Crippen molar-refractivity contribution in [1.82, 2.24) is 19.9 Å². The standard InChI is InChI=1S/C20H27N5O4S/c1-24(2)20-21-11-15-17(23-20)10-16(22-19(15)27)14-3-6-25(7-4-14)18(26)9-13-5-8-30(28,29)12-13/h10-11,13-14H,3-9,12H2,1-2H3,(H,22,27)/t13-/m1/s1. The normalized spacial score (nSPS) is 21.8. The number of carbonyl (C=O) groups is 1. The third-order valence-electron chi connectivity index (χ3n) is 6.08. The molecular weight excluding hydrogens is 406 g/mol. The van der Waals surface area contributed by atoms with Gasteiger partial charge in [-0.3, -0.25) is 9.59 Å². The number of fused-ring (bicyclic) bond motifs is 1. The fourth-order valence-electron chi connectivity index (χ4n) is 4.34. The SMILES string of the molecule is CN(C)c1ncc2c(=O)[nH]c(C3CCN(C(=O)C[C@H]4CCS(=O)(=O)C4)CC3)cc2n1. The molecule has 0 radical (unpaired) electrons. The molecule has 4 heterocycles. The van der Waals surface area contributed by atoms with Gasteiger partial charge in [-0.25, -0.2) is 18.4 Å². The van der Waals surface area contributed by atoms with Gasteiger partial charge in [-0.15, -0.1) is 0 Å². The minimum atomic E-state index is -2.97. The van der Waals surface area contributed by atoms with Crippen LogP contribution in [0.5, 0.6) is 0 Å². The van der Waals surface area contributed by atoms with Gasteiger partial charge >= 0.3 is 0 Å². The van der Waals surface area contributed by atoms with E-state index in [1.807, 2.05) is 25.1 Å². The predicted molar refractivity (Wildman–Crippen MR) is 114 cm³/mol. The summed E-state index contributed by atoms with van der Waals surface area (Å²) >= 11 is 0. The number of aromatic amines is 1. The summed E-state index contributed by atoms with van der Waals surface area (Å²) in [6, 6.07) is 1.91. The Balaban J connectivity index is 1.43. The summed E-state index contributed by atoms with van der Waals surface area (Å²) in [5, 5.41) is 0.462. The number of sulfone groups is 1. The number of nitrogens with zero attached hydrogens (tertiary/aromatic N) is 4. The van der Waals surface area contributed by atoms with E-state index in [4.69, 9.17) is 0 Å². The van der Waals surface area contributed by atoms with Crippen molar-refractivity contribution in [2.75, 3.05) is 43.6 Å². The van der Waals surface area contributed by atoms with Crippen molar-refractivity contribution >= 4 is 32.6 Å². The van der Waals surface area contributed by atoms with E-state index in [1.165, 1.54) is 0 Å². The minimum absolute atomic E-state index is 0.0333. The highest BCUT2D eigenvalue weighted by Crippen LogP contribution is 2.29. The van der Waals surface area contributed by atoms with Crippen LogP contribution in [0.15, 0.2) is 17.1 Å². The lowest BCUT2D eigenvalue weighted by atomic mass is 9.92. The fourth-order valence-corrected chi connectivity index (χ4v) is 6.20. The Hall–Kier alpha value is -2.49. The summed E-state index contributed by atoms with van der Waals surface area (Å²) < 4.78 is 23.2. The van der Waals surface area contributed by atoms with Crippen molar-refractivity contribution in [2.45, 2.75) is 31.6 Å². The second-order valence-corrected chi connectivity index (χ2v) is 10.8. The molecule has 2 saturated heterocycles. The second-order valence-electron chi connectivity index (χ2n) is 8.55. The number of H-pyrrole nitrogens is 1. The summed E-state index contributed by atoms with van der Waals surface area (Å²) in [5.74, 6) is 1.00. The quantitative estimate of drug-likeness (QED) is 0.762. The third-order valence-corrected chi connectivity index (χ3v) is 7.91. The topological polar surface area (TPSA) is 116 Å². The van der Waals surface area contributed by atoms with Crippen LogP contribution in [-0.4, -0.2) is 72.9 Å². The molecule has 0 saturated carbocycles. The summed E-state index contributed by atoms with van der Waals surface area (Å²) in [4.78, 5) is 40.3.